The van der Waals surface area contributed by atoms with Crippen LogP contribution in [0.4, 0.5) is 5.69 Å². The molecule has 0 bridgehead atoms. The Bertz CT molecular complexity index is 488. The van der Waals surface area contributed by atoms with Gasteiger partial charge >= 0.3 is 0 Å². The van der Waals surface area contributed by atoms with Crippen LogP contribution in [-0.2, 0) is 6.42 Å². The van der Waals surface area contributed by atoms with E-state index in [0.29, 0.717) is 0 Å². The molecule has 4 heteroatoms. The van der Waals surface area contributed by atoms with Gasteiger partial charge in [0.15, 0.2) is 0 Å². The van der Waals surface area contributed by atoms with Crippen LogP contribution >= 0.6 is 15.9 Å². The quantitative estimate of drug-likeness (QED) is 0.834. The molecule has 0 aliphatic carbocycles. The van der Waals surface area contributed by atoms with E-state index in [2.05, 4.69) is 55.5 Å². The van der Waals surface area contributed by atoms with Crippen LogP contribution in [0.5, 0.6) is 0 Å². The summed E-state index contributed by atoms with van der Waals surface area (Å²) < 4.78 is 3.04. The van der Waals surface area contributed by atoms with Crippen molar-refractivity contribution in [2.24, 2.45) is 0 Å². The SMILES string of the molecule is CCc1nc(Br)c2cc(N(C)C)ccn12. The average molecular weight is 268 g/mol. The van der Waals surface area contributed by atoms with Crippen molar-refractivity contribution in [2.75, 3.05) is 19.0 Å². The Balaban J connectivity index is 2.66. The van der Waals surface area contributed by atoms with Crippen LogP contribution in [0.1, 0.15) is 12.7 Å². The number of hydrogen-bond acceptors (Lipinski definition) is 2. The van der Waals surface area contributed by atoms with Gasteiger partial charge in [0, 0.05) is 32.4 Å². The van der Waals surface area contributed by atoms with Gasteiger partial charge in [-0.25, -0.2) is 4.98 Å². The van der Waals surface area contributed by atoms with Gasteiger partial charge in [-0.05, 0) is 28.1 Å². The molecule has 0 N–H and O–H groups in total. The predicted octanol–water partition coefficient (Wildman–Crippen LogP) is 2.73. The van der Waals surface area contributed by atoms with Crippen molar-refractivity contribution in [2.45, 2.75) is 13.3 Å². The standard InChI is InChI=1S/C11H14BrN3/c1-4-10-13-11(12)9-7-8(14(2)3)5-6-15(9)10/h5-7H,4H2,1-3H3. The van der Waals surface area contributed by atoms with Gasteiger partial charge in [-0.3, -0.25) is 0 Å². The van der Waals surface area contributed by atoms with Crippen molar-refractivity contribution >= 4 is 27.1 Å². The zero-order valence-electron chi connectivity index (χ0n) is 9.16. The molecule has 80 valence electrons. The minimum absolute atomic E-state index is 0.919. The van der Waals surface area contributed by atoms with E-state index in [4.69, 9.17) is 0 Å². The molecule has 2 rings (SSSR count). The highest BCUT2D eigenvalue weighted by atomic mass is 79.9. The third kappa shape index (κ3) is 1.74. The molecule has 0 saturated carbocycles. The maximum Gasteiger partial charge on any atom is 0.132 e. The summed E-state index contributed by atoms with van der Waals surface area (Å²) in [6.45, 7) is 2.11. The second kappa shape index (κ2) is 3.85. The zero-order valence-corrected chi connectivity index (χ0v) is 10.7. The highest BCUT2D eigenvalue weighted by Crippen LogP contribution is 2.23. The van der Waals surface area contributed by atoms with Gasteiger partial charge in [-0.2, -0.15) is 0 Å². The fourth-order valence-electron chi connectivity index (χ4n) is 1.62. The molecule has 0 spiro atoms. The molecule has 0 fully saturated rings. The number of nitrogens with zero attached hydrogens (tertiary/aromatic N) is 3. The molecule has 0 aromatic carbocycles. The van der Waals surface area contributed by atoms with Gasteiger partial charge < -0.3 is 9.30 Å². The van der Waals surface area contributed by atoms with Gasteiger partial charge in [-0.15, -0.1) is 0 Å². The van der Waals surface area contributed by atoms with Gasteiger partial charge in [-0.1, -0.05) is 6.92 Å². The summed E-state index contributed by atoms with van der Waals surface area (Å²) in [5.74, 6) is 1.09. The number of hydrogen-bond donors (Lipinski definition) is 0. The molecule has 0 radical (unpaired) electrons. The van der Waals surface area contributed by atoms with Crippen molar-refractivity contribution in [3.63, 3.8) is 0 Å². The molecule has 0 unspecified atom stereocenters. The van der Waals surface area contributed by atoms with Crippen LogP contribution < -0.4 is 4.90 Å². The molecule has 2 heterocycles. The lowest BCUT2D eigenvalue weighted by atomic mass is 10.3. The monoisotopic (exact) mass is 267 g/mol. The topological polar surface area (TPSA) is 20.5 Å². The van der Waals surface area contributed by atoms with E-state index in [1.807, 2.05) is 14.1 Å². The number of anilines is 1. The zero-order chi connectivity index (χ0) is 11.0. The molecule has 0 aliphatic heterocycles. The summed E-state index contributed by atoms with van der Waals surface area (Å²) in [6, 6.07) is 4.23. The van der Waals surface area contributed by atoms with Gasteiger partial charge in [0.25, 0.3) is 0 Å². The van der Waals surface area contributed by atoms with Gasteiger partial charge in [0.05, 0.1) is 5.52 Å². The Morgan fingerprint density at radius 2 is 2.20 bits per heavy atom. The van der Waals surface area contributed by atoms with Crippen molar-refractivity contribution < 1.29 is 0 Å². The Kier molecular flexibility index (Phi) is 2.69. The molecular weight excluding hydrogens is 254 g/mol. The smallest absolute Gasteiger partial charge is 0.132 e. The summed E-state index contributed by atoms with van der Waals surface area (Å²) in [7, 11) is 4.08. The molecule has 3 nitrogen and oxygen atoms in total. The van der Waals surface area contributed by atoms with Crippen LogP contribution in [0.25, 0.3) is 5.52 Å². The average Bonchev–Trinajstić information content (AvgIpc) is 2.55. The molecule has 0 amide bonds. The van der Waals surface area contributed by atoms with Gasteiger partial charge in [0.1, 0.15) is 10.4 Å². The Morgan fingerprint density at radius 1 is 1.47 bits per heavy atom. The maximum absolute atomic E-state index is 4.47. The molecule has 0 saturated heterocycles. The Hall–Kier alpha value is -1.03. The van der Waals surface area contributed by atoms with Crippen LogP contribution in [0.3, 0.4) is 0 Å². The van der Waals surface area contributed by atoms with Crippen LogP contribution in [0.15, 0.2) is 22.9 Å². The maximum atomic E-state index is 4.47. The van der Waals surface area contributed by atoms with Crippen molar-refractivity contribution in [1.29, 1.82) is 0 Å². The first-order valence-electron chi connectivity index (χ1n) is 4.97. The second-order valence-electron chi connectivity index (χ2n) is 3.71. The fourth-order valence-corrected chi connectivity index (χ4v) is 2.14. The van der Waals surface area contributed by atoms with E-state index in [-0.39, 0.29) is 0 Å². The molecule has 2 aromatic rings. The molecule has 0 atom stereocenters. The minimum Gasteiger partial charge on any atom is -0.378 e. The van der Waals surface area contributed by atoms with Crippen molar-refractivity contribution in [1.82, 2.24) is 9.38 Å². The highest BCUT2D eigenvalue weighted by molar-refractivity contribution is 9.10. The predicted molar refractivity (Wildman–Crippen MR) is 66.6 cm³/mol. The molecule has 0 aliphatic rings. The van der Waals surface area contributed by atoms with E-state index in [1.165, 1.54) is 5.69 Å². The molecule has 15 heavy (non-hydrogen) atoms. The molecule has 2 aromatic heterocycles. The largest absolute Gasteiger partial charge is 0.378 e. The van der Waals surface area contributed by atoms with Gasteiger partial charge in [0.2, 0.25) is 0 Å². The lowest BCUT2D eigenvalue weighted by Gasteiger charge is -2.12. The summed E-state index contributed by atoms with van der Waals surface area (Å²) >= 11 is 3.49. The first-order chi connectivity index (χ1) is 7.13. The highest BCUT2D eigenvalue weighted by Gasteiger charge is 2.08. The number of fused-ring (bicyclic) bond motifs is 1. The van der Waals surface area contributed by atoms with Crippen molar-refractivity contribution in [3.05, 3.63) is 28.8 Å². The molecular formula is C11H14BrN3. The lowest BCUT2D eigenvalue weighted by Crippen LogP contribution is -2.08. The van der Waals surface area contributed by atoms with E-state index in [1.54, 1.807) is 0 Å². The first-order valence-corrected chi connectivity index (χ1v) is 5.76. The van der Waals surface area contributed by atoms with E-state index >= 15 is 0 Å². The minimum atomic E-state index is 0.919. The number of pyridine rings is 1. The third-order valence-corrected chi connectivity index (χ3v) is 3.07. The van der Waals surface area contributed by atoms with E-state index in [9.17, 15) is 0 Å². The Labute approximate surface area is 97.9 Å². The van der Waals surface area contributed by atoms with Crippen LogP contribution in [0.2, 0.25) is 0 Å². The summed E-state index contributed by atoms with van der Waals surface area (Å²) in [5.41, 5.74) is 2.31. The number of aryl methyl sites for hydroxylation is 1. The summed E-state index contributed by atoms with van der Waals surface area (Å²) in [5, 5.41) is 0. The Morgan fingerprint density at radius 3 is 2.80 bits per heavy atom. The van der Waals surface area contributed by atoms with E-state index in [0.717, 1.165) is 22.4 Å². The van der Waals surface area contributed by atoms with Crippen LogP contribution in [-0.4, -0.2) is 23.5 Å². The van der Waals surface area contributed by atoms with Crippen LogP contribution in [0, 0.1) is 0 Å². The third-order valence-electron chi connectivity index (χ3n) is 2.49. The lowest BCUT2D eigenvalue weighted by molar-refractivity contribution is 0.930. The van der Waals surface area contributed by atoms with Crippen molar-refractivity contribution in [3.8, 4) is 0 Å². The van der Waals surface area contributed by atoms with E-state index < -0.39 is 0 Å². The summed E-state index contributed by atoms with van der Waals surface area (Å²) in [4.78, 5) is 6.56. The fraction of sp³-hybridized carbons (Fsp3) is 0.364. The number of imidazole rings is 1. The first kappa shape index (κ1) is 10.5. The number of halogens is 1. The normalized spacial score (nSPS) is 10.9. The number of aromatic nitrogens is 2. The number of rotatable bonds is 2. The summed E-state index contributed by atoms with van der Waals surface area (Å²) in [6.07, 6.45) is 3.01. The second-order valence-corrected chi connectivity index (χ2v) is 4.46.